The molecule has 0 aliphatic heterocycles. The molecule has 0 fully saturated rings. The van der Waals surface area contributed by atoms with Crippen LogP contribution in [-0.4, -0.2) is 10.1 Å². The van der Waals surface area contributed by atoms with E-state index in [1.54, 1.807) is 6.20 Å². The van der Waals surface area contributed by atoms with Crippen molar-refractivity contribution in [2.24, 2.45) is 0 Å². The Kier molecular flexibility index (Phi) is 3.47. The lowest BCUT2D eigenvalue weighted by Crippen LogP contribution is -2.09. The average molecular weight is 255 g/mol. The van der Waals surface area contributed by atoms with Crippen LogP contribution in [0.5, 0.6) is 5.75 Å². The first kappa shape index (κ1) is 12.2. The summed E-state index contributed by atoms with van der Waals surface area (Å²) in [5, 5.41) is 10.0. The third-order valence-electron chi connectivity index (χ3n) is 3.51. The van der Waals surface area contributed by atoms with Gasteiger partial charge in [0.1, 0.15) is 12.4 Å². The Morgan fingerprint density at radius 2 is 2.21 bits per heavy atom. The van der Waals surface area contributed by atoms with E-state index >= 15 is 0 Å². The topological polar surface area (TPSA) is 42.4 Å². The molecule has 98 valence electrons. The second-order valence-corrected chi connectivity index (χ2v) is 4.88. The van der Waals surface area contributed by atoms with E-state index in [9.17, 15) is 5.11 Å². The van der Waals surface area contributed by atoms with E-state index in [0.717, 1.165) is 36.3 Å². The standard InChI is InChI=1S/C16H17NO2/c18-16-6-3-4-12-7-8-14(10-15(12)16)19-11-13-5-1-2-9-17-13/h1-2,5,7-10,16,18H,3-4,6,11H2/t16-/m1/s1. The molecule has 0 radical (unpaired) electrons. The van der Waals surface area contributed by atoms with Crippen LogP contribution in [0, 0.1) is 0 Å². The monoisotopic (exact) mass is 255 g/mol. The Morgan fingerprint density at radius 3 is 3.05 bits per heavy atom. The molecular formula is C16H17NO2. The number of fused-ring (bicyclic) bond motifs is 1. The first-order valence-electron chi connectivity index (χ1n) is 6.66. The fourth-order valence-electron chi connectivity index (χ4n) is 2.48. The highest BCUT2D eigenvalue weighted by Crippen LogP contribution is 2.32. The summed E-state index contributed by atoms with van der Waals surface area (Å²) in [5.74, 6) is 0.797. The Hall–Kier alpha value is -1.87. The third-order valence-corrected chi connectivity index (χ3v) is 3.51. The first-order valence-corrected chi connectivity index (χ1v) is 6.66. The minimum atomic E-state index is -0.345. The maximum absolute atomic E-state index is 10.0. The molecule has 1 aromatic carbocycles. The van der Waals surface area contributed by atoms with Gasteiger partial charge in [0, 0.05) is 6.20 Å². The Balaban J connectivity index is 1.74. The van der Waals surface area contributed by atoms with Crippen LogP contribution in [0.1, 0.15) is 35.8 Å². The quantitative estimate of drug-likeness (QED) is 0.916. The Labute approximate surface area is 112 Å². The van der Waals surface area contributed by atoms with Crippen LogP contribution in [0.4, 0.5) is 0 Å². The SMILES string of the molecule is O[C@@H]1CCCc2ccc(OCc3ccccn3)cc21. The van der Waals surface area contributed by atoms with Crippen molar-refractivity contribution in [3.05, 3.63) is 59.4 Å². The number of nitrogens with zero attached hydrogens (tertiary/aromatic N) is 1. The molecular weight excluding hydrogens is 238 g/mol. The molecule has 1 aromatic heterocycles. The molecule has 3 heteroatoms. The van der Waals surface area contributed by atoms with Crippen LogP contribution in [0.2, 0.25) is 0 Å². The molecule has 0 amide bonds. The zero-order chi connectivity index (χ0) is 13.1. The lowest BCUT2D eigenvalue weighted by molar-refractivity contribution is 0.156. The molecule has 1 N–H and O–H groups in total. The van der Waals surface area contributed by atoms with Crippen molar-refractivity contribution in [3.63, 3.8) is 0 Å². The molecule has 1 aliphatic rings. The second kappa shape index (κ2) is 5.41. The highest BCUT2D eigenvalue weighted by Gasteiger charge is 2.18. The maximum Gasteiger partial charge on any atom is 0.130 e. The number of aliphatic hydroxyl groups is 1. The molecule has 0 bridgehead atoms. The molecule has 0 unspecified atom stereocenters. The van der Waals surface area contributed by atoms with Crippen molar-refractivity contribution < 1.29 is 9.84 Å². The summed E-state index contributed by atoms with van der Waals surface area (Å²) in [6.45, 7) is 0.454. The molecule has 2 aromatic rings. The number of hydrogen-bond acceptors (Lipinski definition) is 3. The van der Waals surface area contributed by atoms with E-state index in [-0.39, 0.29) is 6.10 Å². The van der Waals surface area contributed by atoms with Crippen LogP contribution in [0.3, 0.4) is 0 Å². The van der Waals surface area contributed by atoms with Gasteiger partial charge in [-0.2, -0.15) is 0 Å². The van der Waals surface area contributed by atoms with E-state index in [1.165, 1.54) is 5.56 Å². The van der Waals surface area contributed by atoms with E-state index in [1.807, 2.05) is 30.3 Å². The summed E-state index contributed by atoms with van der Waals surface area (Å²) in [7, 11) is 0. The highest BCUT2D eigenvalue weighted by atomic mass is 16.5. The van der Waals surface area contributed by atoms with Gasteiger partial charge in [-0.15, -0.1) is 0 Å². The van der Waals surface area contributed by atoms with Gasteiger partial charge in [0.2, 0.25) is 0 Å². The molecule has 3 rings (SSSR count). The summed E-state index contributed by atoms with van der Waals surface area (Å²) in [6, 6.07) is 11.8. The number of benzene rings is 1. The van der Waals surface area contributed by atoms with Gasteiger partial charge in [0.15, 0.2) is 0 Å². The van der Waals surface area contributed by atoms with Gasteiger partial charge < -0.3 is 9.84 Å². The van der Waals surface area contributed by atoms with Gasteiger partial charge in [0.25, 0.3) is 0 Å². The van der Waals surface area contributed by atoms with E-state index in [2.05, 4.69) is 11.1 Å². The van der Waals surface area contributed by atoms with Gasteiger partial charge in [-0.3, -0.25) is 4.98 Å². The van der Waals surface area contributed by atoms with E-state index in [0.29, 0.717) is 6.61 Å². The number of aliphatic hydroxyl groups excluding tert-OH is 1. The van der Waals surface area contributed by atoms with Gasteiger partial charge in [-0.1, -0.05) is 12.1 Å². The van der Waals surface area contributed by atoms with Crippen LogP contribution < -0.4 is 4.74 Å². The summed E-state index contributed by atoms with van der Waals surface area (Å²) in [6.07, 6.45) is 4.36. The number of aryl methyl sites for hydroxylation is 1. The third kappa shape index (κ3) is 2.76. The van der Waals surface area contributed by atoms with Crippen molar-refractivity contribution in [1.82, 2.24) is 4.98 Å². The number of pyridine rings is 1. The minimum Gasteiger partial charge on any atom is -0.487 e. The van der Waals surface area contributed by atoms with Gasteiger partial charge in [0.05, 0.1) is 11.8 Å². The molecule has 0 spiro atoms. The largest absolute Gasteiger partial charge is 0.487 e. The Morgan fingerprint density at radius 1 is 1.26 bits per heavy atom. The fraction of sp³-hybridized carbons (Fsp3) is 0.312. The predicted octanol–water partition coefficient (Wildman–Crippen LogP) is 3.03. The second-order valence-electron chi connectivity index (χ2n) is 4.88. The maximum atomic E-state index is 10.0. The molecule has 1 atom stereocenters. The summed E-state index contributed by atoms with van der Waals surface area (Å²) in [4.78, 5) is 4.22. The highest BCUT2D eigenvalue weighted by molar-refractivity contribution is 5.38. The van der Waals surface area contributed by atoms with Crippen LogP contribution in [0.25, 0.3) is 0 Å². The number of aromatic nitrogens is 1. The van der Waals surface area contributed by atoms with Crippen molar-refractivity contribution in [2.75, 3.05) is 0 Å². The van der Waals surface area contributed by atoms with Crippen molar-refractivity contribution in [3.8, 4) is 5.75 Å². The lowest BCUT2D eigenvalue weighted by atomic mass is 9.89. The van der Waals surface area contributed by atoms with Gasteiger partial charge >= 0.3 is 0 Å². The van der Waals surface area contributed by atoms with Crippen LogP contribution >= 0.6 is 0 Å². The molecule has 0 saturated heterocycles. The average Bonchev–Trinajstić information content (AvgIpc) is 2.47. The van der Waals surface area contributed by atoms with Crippen LogP contribution in [-0.2, 0) is 13.0 Å². The van der Waals surface area contributed by atoms with Gasteiger partial charge in [-0.25, -0.2) is 0 Å². The first-order chi connectivity index (χ1) is 9.33. The van der Waals surface area contributed by atoms with Crippen molar-refractivity contribution in [1.29, 1.82) is 0 Å². The summed E-state index contributed by atoms with van der Waals surface area (Å²) < 4.78 is 5.73. The molecule has 3 nitrogen and oxygen atoms in total. The summed E-state index contributed by atoms with van der Waals surface area (Å²) in [5.41, 5.74) is 3.16. The minimum absolute atomic E-state index is 0.345. The van der Waals surface area contributed by atoms with E-state index < -0.39 is 0 Å². The fourth-order valence-corrected chi connectivity index (χ4v) is 2.48. The zero-order valence-corrected chi connectivity index (χ0v) is 10.7. The number of ether oxygens (including phenoxy) is 1. The molecule has 0 saturated carbocycles. The Bertz CT molecular complexity index is 554. The molecule has 1 heterocycles. The smallest absolute Gasteiger partial charge is 0.130 e. The zero-order valence-electron chi connectivity index (χ0n) is 10.7. The van der Waals surface area contributed by atoms with Crippen molar-refractivity contribution in [2.45, 2.75) is 32.0 Å². The number of hydrogen-bond donors (Lipinski definition) is 1. The van der Waals surface area contributed by atoms with Crippen molar-refractivity contribution >= 4 is 0 Å². The molecule has 1 aliphatic carbocycles. The number of rotatable bonds is 3. The summed E-state index contributed by atoms with van der Waals surface area (Å²) >= 11 is 0. The normalized spacial score (nSPS) is 17.8. The van der Waals surface area contributed by atoms with Crippen LogP contribution in [0.15, 0.2) is 42.6 Å². The van der Waals surface area contributed by atoms with Gasteiger partial charge in [-0.05, 0) is 54.7 Å². The van der Waals surface area contributed by atoms with E-state index in [4.69, 9.17) is 4.74 Å². The molecule has 19 heavy (non-hydrogen) atoms. The lowest BCUT2D eigenvalue weighted by Gasteiger charge is -2.21. The predicted molar refractivity (Wildman–Crippen MR) is 72.9 cm³/mol.